The first-order valence-electron chi connectivity index (χ1n) is 5.56. The van der Waals surface area contributed by atoms with Gasteiger partial charge >= 0.3 is 0 Å². The molecule has 3 heteroatoms. The van der Waals surface area contributed by atoms with E-state index < -0.39 is 9.84 Å². The largest absolute Gasteiger partial charge is 0.229 e. The predicted molar refractivity (Wildman–Crippen MR) is 73.9 cm³/mol. The molecule has 1 aromatic carbocycles. The maximum Gasteiger partial charge on any atom is 0.151 e. The van der Waals surface area contributed by atoms with Crippen LogP contribution in [-0.2, 0) is 15.3 Å². The van der Waals surface area contributed by atoms with Gasteiger partial charge in [0.1, 0.15) is 0 Å². The molecule has 17 heavy (non-hydrogen) atoms. The molecule has 94 valence electrons. The van der Waals surface area contributed by atoms with Crippen molar-refractivity contribution >= 4 is 15.4 Å². The smallest absolute Gasteiger partial charge is 0.151 e. The molecule has 1 aromatic rings. The molecule has 0 aliphatic heterocycles. The van der Waals surface area contributed by atoms with Crippen LogP contribution in [0.25, 0.3) is 5.57 Å². The molecule has 1 rings (SSSR count). The summed E-state index contributed by atoms with van der Waals surface area (Å²) < 4.78 is 22.4. The Morgan fingerprint density at radius 2 is 1.65 bits per heavy atom. The van der Waals surface area contributed by atoms with Crippen LogP contribution in [0.5, 0.6) is 0 Å². The highest BCUT2D eigenvalue weighted by Crippen LogP contribution is 2.24. The summed E-state index contributed by atoms with van der Waals surface area (Å²) in [7, 11) is -3.01. The Balaban J connectivity index is 2.93. The zero-order chi connectivity index (χ0) is 13.3. The molecular formula is C14H20O2S. The Morgan fingerprint density at radius 3 is 2.00 bits per heavy atom. The monoisotopic (exact) mass is 252 g/mol. The van der Waals surface area contributed by atoms with Crippen molar-refractivity contribution in [3.8, 4) is 0 Å². The fourth-order valence-electron chi connectivity index (χ4n) is 1.61. The van der Waals surface area contributed by atoms with Gasteiger partial charge in [-0.25, -0.2) is 8.42 Å². The molecule has 0 fully saturated rings. The Hall–Kier alpha value is -1.09. The number of hydrogen-bond donors (Lipinski definition) is 0. The van der Waals surface area contributed by atoms with Gasteiger partial charge in [0.2, 0.25) is 0 Å². The highest BCUT2D eigenvalue weighted by atomic mass is 32.2. The van der Waals surface area contributed by atoms with E-state index >= 15 is 0 Å². The predicted octanol–water partition coefficient (Wildman–Crippen LogP) is 3.04. The van der Waals surface area contributed by atoms with Crippen LogP contribution in [0.3, 0.4) is 0 Å². The summed E-state index contributed by atoms with van der Waals surface area (Å²) in [4.78, 5) is 0. The zero-order valence-electron chi connectivity index (χ0n) is 10.9. The Labute approximate surface area is 104 Å². The second-order valence-corrected chi connectivity index (χ2v) is 7.64. The molecule has 0 heterocycles. The average molecular weight is 252 g/mol. The SMILES string of the molecule is C=C(CS(C)(=O)=O)c1ccc(C(C)(C)C)cc1. The van der Waals surface area contributed by atoms with E-state index in [1.807, 2.05) is 24.3 Å². The summed E-state index contributed by atoms with van der Waals surface area (Å²) in [5, 5.41) is 0. The maximum atomic E-state index is 11.2. The molecule has 0 N–H and O–H groups in total. The van der Waals surface area contributed by atoms with Gasteiger partial charge in [-0.1, -0.05) is 51.6 Å². The number of rotatable bonds is 3. The number of hydrogen-bond acceptors (Lipinski definition) is 2. The molecule has 0 spiro atoms. The first-order chi connectivity index (χ1) is 7.59. The summed E-state index contributed by atoms with van der Waals surface area (Å²) in [6.45, 7) is 10.3. The van der Waals surface area contributed by atoms with Crippen LogP contribution in [0.2, 0.25) is 0 Å². The van der Waals surface area contributed by atoms with E-state index in [9.17, 15) is 8.42 Å². The van der Waals surface area contributed by atoms with Crippen molar-refractivity contribution in [2.45, 2.75) is 26.2 Å². The normalized spacial score (nSPS) is 12.5. The van der Waals surface area contributed by atoms with Gasteiger partial charge in [0.25, 0.3) is 0 Å². The Kier molecular flexibility index (Phi) is 3.82. The van der Waals surface area contributed by atoms with E-state index in [0.29, 0.717) is 5.57 Å². The highest BCUT2D eigenvalue weighted by Gasteiger charge is 2.14. The van der Waals surface area contributed by atoms with Crippen molar-refractivity contribution in [2.75, 3.05) is 12.0 Å². The van der Waals surface area contributed by atoms with Gasteiger partial charge in [-0.15, -0.1) is 0 Å². The third kappa shape index (κ3) is 4.35. The van der Waals surface area contributed by atoms with Crippen LogP contribution >= 0.6 is 0 Å². The third-order valence-corrected chi connectivity index (χ3v) is 3.47. The van der Waals surface area contributed by atoms with Crippen LogP contribution in [0.4, 0.5) is 0 Å². The van der Waals surface area contributed by atoms with Gasteiger partial charge in [0.15, 0.2) is 9.84 Å². The first-order valence-corrected chi connectivity index (χ1v) is 7.62. The van der Waals surface area contributed by atoms with Crippen molar-refractivity contribution in [3.05, 3.63) is 42.0 Å². The van der Waals surface area contributed by atoms with Crippen molar-refractivity contribution in [2.24, 2.45) is 0 Å². The lowest BCUT2D eigenvalue weighted by Gasteiger charge is -2.19. The molecule has 0 saturated carbocycles. The van der Waals surface area contributed by atoms with E-state index in [4.69, 9.17) is 0 Å². The lowest BCUT2D eigenvalue weighted by Crippen LogP contribution is -2.11. The van der Waals surface area contributed by atoms with Crippen LogP contribution in [0.15, 0.2) is 30.8 Å². The van der Waals surface area contributed by atoms with E-state index in [1.165, 1.54) is 11.8 Å². The van der Waals surface area contributed by atoms with Gasteiger partial charge in [-0.3, -0.25) is 0 Å². The second kappa shape index (κ2) is 4.65. The third-order valence-electron chi connectivity index (χ3n) is 2.60. The number of sulfone groups is 1. The zero-order valence-corrected chi connectivity index (χ0v) is 11.8. The summed E-state index contributed by atoms with van der Waals surface area (Å²) in [5.41, 5.74) is 2.88. The number of benzene rings is 1. The van der Waals surface area contributed by atoms with Crippen molar-refractivity contribution in [1.82, 2.24) is 0 Å². The highest BCUT2D eigenvalue weighted by molar-refractivity contribution is 7.91. The van der Waals surface area contributed by atoms with Gasteiger partial charge < -0.3 is 0 Å². The van der Waals surface area contributed by atoms with Gasteiger partial charge in [0.05, 0.1) is 5.75 Å². The standard InChI is InChI=1S/C14H20O2S/c1-11(10-17(5,15)16)12-6-8-13(9-7-12)14(2,3)4/h6-9H,1,10H2,2-5H3. The topological polar surface area (TPSA) is 34.1 Å². The minimum Gasteiger partial charge on any atom is -0.229 e. The second-order valence-electron chi connectivity index (χ2n) is 5.50. The van der Waals surface area contributed by atoms with Crippen LogP contribution < -0.4 is 0 Å². The van der Waals surface area contributed by atoms with Crippen LogP contribution in [0, 0.1) is 0 Å². The average Bonchev–Trinajstić information content (AvgIpc) is 2.14. The molecular weight excluding hydrogens is 232 g/mol. The van der Waals surface area contributed by atoms with Crippen molar-refractivity contribution in [3.63, 3.8) is 0 Å². The van der Waals surface area contributed by atoms with Crippen LogP contribution in [0.1, 0.15) is 31.9 Å². The van der Waals surface area contributed by atoms with Crippen molar-refractivity contribution in [1.29, 1.82) is 0 Å². The molecule has 0 unspecified atom stereocenters. The van der Waals surface area contributed by atoms with E-state index in [2.05, 4.69) is 27.4 Å². The van der Waals surface area contributed by atoms with Gasteiger partial charge in [-0.05, 0) is 22.1 Å². The molecule has 0 radical (unpaired) electrons. The lowest BCUT2D eigenvalue weighted by atomic mass is 9.86. The molecule has 2 nitrogen and oxygen atoms in total. The Bertz CT molecular complexity index is 502. The minimum absolute atomic E-state index is 0.0157. The first kappa shape index (κ1) is 14.0. The van der Waals surface area contributed by atoms with E-state index in [0.717, 1.165) is 5.56 Å². The summed E-state index contributed by atoms with van der Waals surface area (Å²) in [6, 6.07) is 7.94. The van der Waals surface area contributed by atoms with E-state index in [1.54, 1.807) is 0 Å². The summed E-state index contributed by atoms with van der Waals surface area (Å²) in [6.07, 6.45) is 1.22. The van der Waals surface area contributed by atoms with Crippen molar-refractivity contribution < 1.29 is 8.42 Å². The molecule has 0 aliphatic carbocycles. The molecule has 0 atom stereocenters. The molecule has 0 aliphatic rings. The quantitative estimate of drug-likeness (QED) is 0.828. The van der Waals surface area contributed by atoms with E-state index in [-0.39, 0.29) is 11.2 Å². The molecule has 0 saturated heterocycles. The Morgan fingerprint density at radius 1 is 1.18 bits per heavy atom. The fourth-order valence-corrected chi connectivity index (χ4v) is 2.41. The fraction of sp³-hybridized carbons (Fsp3) is 0.429. The lowest BCUT2D eigenvalue weighted by molar-refractivity contribution is 0.590. The maximum absolute atomic E-state index is 11.2. The summed E-state index contributed by atoms with van der Waals surface area (Å²) in [5.74, 6) is 0.0157. The minimum atomic E-state index is -3.01. The molecule has 0 aromatic heterocycles. The van der Waals surface area contributed by atoms with Crippen LogP contribution in [-0.4, -0.2) is 20.4 Å². The molecule has 0 bridgehead atoms. The summed E-state index contributed by atoms with van der Waals surface area (Å²) >= 11 is 0. The van der Waals surface area contributed by atoms with Gasteiger partial charge in [-0.2, -0.15) is 0 Å². The van der Waals surface area contributed by atoms with Gasteiger partial charge in [0, 0.05) is 6.26 Å². The molecule has 0 amide bonds.